The van der Waals surface area contributed by atoms with Crippen molar-refractivity contribution in [3.8, 4) is 0 Å². The lowest BCUT2D eigenvalue weighted by atomic mass is 10.5. The summed E-state index contributed by atoms with van der Waals surface area (Å²) >= 11 is 0. The molecule has 0 saturated heterocycles. The third kappa shape index (κ3) is 7.83. The molecule has 0 aliphatic heterocycles. The van der Waals surface area contributed by atoms with Gasteiger partial charge in [-0.1, -0.05) is 4.33 Å². The minimum Gasteiger partial charge on any atom is -0.262 e. The molecule has 0 fully saturated rings. The van der Waals surface area contributed by atoms with Crippen LogP contribution in [0.3, 0.4) is 0 Å². The van der Waals surface area contributed by atoms with Crippen LogP contribution in [0.25, 0.3) is 0 Å². The summed E-state index contributed by atoms with van der Waals surface area (Å²) in [6.07, 6.45) is -0.396. The van der Waals surface area contributed by atoms with Gasteiger partial charge in [-0.25, -0.2) is 4.89 Å². The van der Waals surface area contributed by atoms with Crippen LogP contribution in [-0.4, -0.2) is 19.1 Å². The van der Waals surface area contributed by atoms with Crippen LogP contribution in [-0.2, 0) is 19.6 Å². The molecule has 6 heteroatoms. The molecule has 0 aliphatic rings. The molecule has 5 nitrogen and oxygen atoms in total. The molecule has 0 saturated carbocycles. The second-order valence-electron chi connectivity index (χ2n) is 1.64. The molecule has 0 atom stereocenters. The minimum atomic E-state index is -4.44. The van der Waals surface area contributed by atoms with E-state index >= 15 is 0 Å². The van der Waals surface area contributed by atoms with E-state index in [1.54, 1.807) is 13.8 Å². The maximum absolute atomic E-state index is 9.74. The van der Waals surface area contributed by atoms with E-state index in [1.165, 1.54) is 0 Å². The van der Waals surface area contributed by atoms with Crippen LogP contribution < -0.4 is 0 Å². The van der Waals surface area contributed by atoms with E-state index in [4.69, 9.17) is 4.55 Å². The lowest BCUT2D eigenvalue weighted by Gasteiger charge is -2.00. The molecule has 0 aromatic heterocycles. The Morgan fingerprint density at radius 3 is 2.00 bits per heavy atom. The van der Waals surface area contributed by atoms with Gasteiger partial charge in [0.1, 0.15) is 0 Å². The van der Waals surface area contributed by atoms with E-state index in [-0.39, 0.29) is 0 Å². The third-order valence-electron chi connectivity index (χ3n) is 0.318. The predicted octanol–water partition coefficient (Wildman–Crippen LogP) is 0.146. The van der Waals surface area contributed by atoms with Crippen LogP contribution >= 0.6 is 0 Å². The molecule has 0 aromatic carbocycles. The lowest BCUT2D eigenvalue weighted by Crippen LogP contribution is -2.09. The van der Waals surface area contributed by atoms with Crippen LogP contribution in [0, 0.1) is 0 Å². The zero-order valence-corrected chi connectivity index (χ0v) is 5.88. The highest BCUT2D eigenvalue weighted by atomic mass is 32.3. The Morgan fingerprint density at radius 1 is 1.44 bits per heavy atom. The van der Waals surface area contributed by atoms with Gasteiger partial charge in [-0.15, -0.1) is 0 Å². The van der Waals surface area contributed by atoms with Crippen molar-refractivity contribution in [1.29, 1.82) is 0 Å². The van der Waals surface area contributed by atoms with Gasteiger partial charge in [0.25, 0.3) is 0 Å². The first-order chi connectivity index (χ1) is 3.92. The molecule has 0 spiro atoms. The number of hydrogen-bond donors (Lipinski definition) is 1. The molecule has 0 unspecified atom stereocenters. The number of rotatable bonds is 3. The highest BCUT2D eigenvalue weighted by molar-refractivity contribution is 7.80. The number of hydrogen-bond acceptors (Lipinski definition) is 4. The molecule has 56 valence electrons. The van der Waals surface area contributed by atoms with Gasteiger partial charge in [-0.05, 0) is 13.8 Å². The van der Waals surface area contributed by atoms with Crippen LogP contribution in [0.5, 0.6) is 0 Å². The van der Waals surface area contributed by atoms with Gasteiger partial charge in [0.15, 0.2) is 0 Å². The Hall–Kier alpha value is -0.170. The summed E-state index contributed by atoms with van der Waals surface area (Å²) in [6.45, 7) is 3.12. The smallest absolute Gasteiger partial charge is 0.262 e. The van der Waals surface area contributed by atoms with Crippen molar-refractivity contribution in [3.63, 3.8) is 0 Å². The van der Waals surface area contributed by atoms with Gasteiger partial charge >= 0.3 is 10.4 Å². The van der Waals surface area contributed by atoms with Gasteiger partial charge in [-0.3, -0.25) is 4.55 Å². The van der Waals surface area contributed by atoms with Crippen molar-refractivity contribution < 1.29 is 22.2 Å². The van der Waals surface area contributed by atoms with Gasteiger partial charge in [0, 0.05) is 0 Å². The van der Waals surface area contributed by atoms with Gasteiger partial charge in [0.2, 0.25) is 0 Å². The fraction of sp³-hybridized carbons (Fsp3) is 1.00. The molecule has 0 amide bonds. The highest BCUT2D eigenvalue weighted by Crippen LogP contribution is 1.92. The summed E-state index contributed by atoms with van der Waals surface area (Å²) in [5.74, 6) is 0. The fourth-order valence-corrected chi connectivity index (χ4v) is 0.385. The topological polar surface area (TPSA) is 72.8 Å². The average Bonchev–Trinajstić information content (AvgIpc) is 1.59. The normalized spacial score (nSPS) is 12.4. The SMILES string of the molecule is CC(C)OOS(=O)(=O)O. The predicted molar refractivity (Wildman–Crippen MR) is 28.9 cm³/mol. The Bertz CT molecular complexity index is 157. The molecule has 0 radical (unpaired) electrons. The summed E-state index contributed by atoms with van der Waals surface area (Å²) in [6, 6.07) is 0. The monoisotopic (exact) mass is 156 g/mol. The Morgan fingerprint density at radius 2 is 1.89 bits per heavy atom. The quantitative estimate of drug-likeness (QED) is 0.357. The van der Waals surface area contributed by atoms with Crippen molar-refractivity contribution >= 4 is 10.4 Å². The zero-order valence-electron chi connectivity index (χ0n) is 5.07. The summed E-state index contributed by atoms with van der Waals surface area (Å²) < 4.78 is 30.9. The fourth-order valence-electron chi connectivity index (χ4n) is 0.128. The second-order valence-corrected chi connectivity index (χ2v) is 2.63. The van der Waals surface area contributed by atoms with E-state index in [0.717, 1.165) is 0 Å². The van der Waals surface area contributed by atoms with Crippen molar-refractivity contribution in [1.82, 2.24) is 0 Å². The largest absolute Gasteiger partial charge is 0.424 e. The van der Waals surface area contributed by atoms with E-state index in [0.29, 0.717) is 0 Å². The molecular weight excluding hydrogens is 148 g/mol. The van der Waals surface area contributed by atoms with Gasteiger partial charge in [-0.2, -0.15) is 8.42 Å². The van der Waals surface area contributed by atoms with Crippen molar-refractivity contribution in [2.24, 2.45) is 0 Å². The molecule has 9 heavy (non-hydrogen) atoms. The van der Waals surface area contributed by atoms with Crippen molar-refractivity contribution in [2.45, 2.75) is 20.0 Å². The Balaban J connectivity index is 3.53. The van der Waals surface area contributed by atoms with Crippen LogP contribution in [0.2, 0.25) is 0 Å². The molecule has 0 aromatic rings. The van der Waals surface area contributed by atoms with Crippen molar-refractivity contribution in [2.75, 3.05) is 0 Å². The summed E-state index contributed by atoms with van der Waals surface area (Å²) in [7, 11) is -4.44. The maximum atomic E-state index is 9.74. The highest BCUT2D eigenvalue weighted by Gasteiger charge is 2.05. The standard InChI is InChI=1S/C3H8O5S/c1-3(2)7-8-9(4,5)6/h3H,1-2H3,(H,4,5,6). The summed E-state index contributed by atoms with van der Waals surface area (Å²) in [5.41, 5.74) is 0. The molecule has 0 rings (SSSR count). The molecule has 0 aliphatic carbocycles. The van der Waals surface area contributed by atoms with Crippen LogP contribution in [0.4, 0.5) is 0 Å². The average molecular weight is 156 g/mol. The zero-order chi connectivity index (χ0) is 7.49. The van der Waals surface area contributed by atoms with Gasteiger partial charge in [0.05, 0.1) is 6.10 Å². The van der Waals surface area contributed by atoms with E-state index < -0.39 is 16.5 Å². The van der Waals surface area contributed by atoms with Crippen molar-refractivity contribution in [3.05, 3.63) is 0 Å². The third-order valence-corrected chi connectivity index (χ3v) is 0.568. The van der Waals surface area contributed by atoms with E-state index in [1.807, 2.05) is 0 Å². The summed E-state index contributed by atoms with van der Waals surface area (Å²) in [5, 5.41) is 0. The first-order valence-corrected chi connectivity index (χ1v) is 3.60. The first kappa shape index (κ1) is 8.83. The molecule has 0 heterocycles. The minimum absolute atomic E-state index is 0.396. The molecular formula is C3H8O5S. The molecule has 0 bridgehead atoms. The van der Waals surface area contributed by atoms with E-state index in [9.17, 15) is 8.42 Å². The maximum Gasteiger partial charge on any atom is 0.424 e. The first-order valence-electron chi connectivity index (χ1n) is 2.24. The second kappa shape index (κ2) is 3.11. The summed E-state index contributed by atoms with van der Waals surface area (Å²) in [4.78, 5) is 4.07. The van der Waals surface area contributed by atoms with E-state index in [2.05, 4.69) is 9.22 Å². The molecule has 1 N–H and O–H groups in total. The van der Waals surface area contributed by atoms with Gasteiger partial charge < -0.3 is 0 Å². The Kier molecular flexibility index (Phi) is 3.06. The Labute approximate surface area is 53.5 Å². The lowest BCUT2D eigenvalue weighted by molar-refractivity contribution is -0.235. The van der Waals surface area contributed by atoms with Crippen LogP contribution in [0.1, 0.15) is 13.8 Å². The van der Waals surface area contributed by atoms with Crippen LogP contribution in [0.15, 0.2) is 0 Å².